The summed E-state index contributed by atoms with van der Waals surface area (Å²) in [6.45, 7) is 4.58. The summed E-state index contributed by atoms with van der Waals surface area (Å²) < 4.78 is 37.4. The second kappa shape index (κ2) is 40.4. The van der Waals surface area contributed by atoms with Gasteiger partial charge < -0.3 is 23.3 Å². The molecule has 143 heavy (non-hydrogen) atoms. The van der Waals surface area contributed by atoms with Gasteiger partial charge in [-0.25, -0.2) is 87.8 Å². The highest BCUT2D eigenvalue weighted by molar-refractivity contribution is 6.31. The van der Waals surface area contributed by atoms with Gasteiger partial charge in [0.15, 0.2) is 34.1 Å². The van der Waals surface area contributed by atoms with Gasteiger partial charge in [0.25, 0.3) is 22.2 Å². The topological polar surface area (TPSA) is 448 Å². The van der Waals surface area contributed by atoms with Crippen LogP contribution in [0.15, 0.2) is 328 Å². The zero-order valence-corrected chi connectivity index (χ0v) is 79.1. The van der Waals surface area contributed by atoms with Crippen LogP contribution < -0.4 is 59.2 Å². The molecule has 0 radical (unpaired) electrons. The van der Waals surface area contributed by atoms with Gasteiger partial charge in [0, 0.05) is 139 Å². The maximum absolute atomic E-state index is 14.1. The van der Waals surface area contributed by atoms with E-state index in [-0.39, 0.29) is 72.2 Å². The number of fused-ring (bicyclic) bond motifs is 4. The van der Waals surface area contributed by atoms with E-state index in [0.717, 1.165) is 44.5 Å². The number of aryl methyl sites for hydroxylation is 3. The van der Waals surface area contributed by atoms with Gasteiger partial charge in [0.1, 0.15) is 0 Å². The average Bonchev–Trinajstić information content (AvgIpc) is 1.65. The van der Waals surface area contributed by atoms with E-state index >= 15 is 0 Å². The fourth-order valence-corrected chi connectivity index (χ4v) is 16.8. The molecule has 42 heteroatoms. The third kappa shape index (κ3) is 19.0. The highest BCUT2D eigenvalue weighted by atomic mass is 35.5. The number of methoxy groups -OCH3 is 3. The molecule has 14 aromatic heterocycles. The number of benzene rings is 8. The maximum Gasteiger partial charge on any atom is 0.365 e. The van der Waals surface area contributed by atoms with Crippen LogP contribution in [0, 0.1) is 13.8 Å². The fourth-order valence-electron chi connectivity index (χ4n) is 16.3. The van der Waals surface area contributed by atoms with Gasteiger partial charge >= 0.3 is 40.8 Å². The predicted molar refractivity (Wildman–Crippen MR) is 535 cm³/mol. The Balaban J connectivity index is 0.000000121. The Morgan fingerprint density at radius 2 is 0.552 bits per heavy atom. The highest BCUT2D eigenvalue weighted by Crippen LogP contribution is 2.39. The van der Waals surface area contributed by atoms with E-state index in [9.17, 15) is 38.4 Å². The zero-order chi connectivity index (χ0) is 99.4. The first-order chi connectivity index (χ1) is 69.5. The zero-order valence-electron chi connectivity index (χ0n) is 76.0. The van der Waals surface area contributed by atoms with Gasteiger partial charge in [-0.2, -0.15) is 33.4 Å². The van der Waals surface area contributed by atoms with E-state index in [2.05, 4.69) is 80.9 Å². The molecule has 710 valence electrons. The lowest BCUT2D eigenvalue weighted by Gasteiger charge is -2.16. The molecule has 0 atom stereocenters. The Hall–Kier alpha value is -18.3. The molecule has 22 rings (SSSR count). The van der Waals surface area contributed by atoms with Crippen LogP contribution in [0.1, 0.15) is 33.4 Å². The minimum atomic E-state index is -0.561. The molecule has 3 N–H and O–H groups in total. The smallest absolute Gasteiger partial charge is 0.365 e. The Bertz CT molecular complexity index is 8990. The summed E-state index contributed by atoms with van der Waals surface area (Å²) in [5.41, 5.74) is 12.8. The van der Waals surface area contributed by atoms with Crippen LogP contribution in [0.2, 0.25) is 20.1 Å². The van der Waals surface area contributed by atoms with Crippen LogP contribution >= 0.6 is 46.4 Å². The summed E-state index contributed by atoms with van der Waals surface area (Å²) in [5, 5.41) is 34.3. The molecule has 0 aliphatic carbocycles. The Labute approximate surface area is 824 Å². The van der Waals surface area contributed by atoms with Crippen LogP contribution in [0.25, 0.3) is 134 Å². The first-order valence-electron chi connectivity index (χ1n) is 43.6. The van der Waals surface area contributed by atoms with Crippen molar-refractivity contribution in [3.8, 4) is 130 Å². The third-order valence-electron chi connectivity index (χ3n) is 23.2. The number of pyridine rings is 1. The Kier molecular flexibility index (Phi) is 26.5. The largest absolute Gasteiger partial charge is 0.467 e. The second-order valence-corrected chi connectivity index (χ2v) is 34.0. The molecule has 0 saturated carbocycles. The van der Waals surface area contributed by atoms with Crippen molar-refractivity contribution in [2.24, 2.45) is 7.05 Å². The minimum absolute atomic E-state index is 0.103. The second-order valence-electron chi connectivity index (χ2n) is 32.2. The summed E-state index contributed by atoms with van der Waals surface area (Å²) in [4.78, 5) is 137. The van der Waals surface area contributed by atoms with Gasteiger partial charge in [-0.05, 0) is 125 Å². The predicted octanol–water partition coefficient (Wildman–Crippen LogP) is 14.6. The lowest BCUT2D eigenvalue weighted by Crippen LogP contribution is -2.34. The normalized spacial score (nSPS) is 11.2. The number of rotatable bonds is 21. The fraction of sp³-hybridized carbons (Fsp3) is 0.0990. The summed E-state index contributed by atoms with van der Waals surface area (Å²) in [6, 6.07) is 65.8. The van der Waals surface area contributed by atoms with Gasteiger partial charge in [0.05, 0.1) is 82.2 Å². The van der Waals surface area contributed by atoms with Gasteiger partial charge in [-0.3, -0.25) is 24.2 Å². The molecule has 0 amide bonds. The van der Waals surface area contributed by atoms with Crippen molar-refractivity contribution in [1.29, 1.82) is 0 Å². The molecule has 0 aliphatic rings. The first kappa shape index (κ1) is 93.7. The van der Waals surface area contributed by atoms with Crippen molar-refractivity contribution < 1.29 is 23.3 Å². The van der Waals surface area contributed by atoms with E-state index in [1.165, 1.54) is 87.6 Å². The van der Waals surface area contributed by atoms with Crippen LogP contribution in [0.5, 0.6) is 18.0 Å². The number of nitrogens with zero attached hydrogens (tertiary/aromatic N) is 22. The van der Waals surface area contributed by atoms with Crippen molar-refractivity contribution in [3.63, 3.8) is 0 Å². The molecule has 14 heterocycles. The number of hydrogen-bond donors (Lipinski definition) is 3. The van der Waals surface area contributed by atoms with E-state index in [0.29, 0.717) is 132 Å². The Morgan fingerprint density at radius 1 is 0.294 bits per heavy atom. The summed E-state index contributed by atoms with van der Waals surface area (Å²) in [7, 11) is 5.94. The summed E-state index contributed by atoms with van der Waals surface area (Å²) in [6.07, 6.45) is 15.6. The van der Waals surface area contributed by atoms with E-state index < -0.39 is 28.3 Å². The molecule has 38 nitrogen and oxygen atoms in total. The van der Waals surface area contributed by atoms with Crippen LogP contribution in [0.3, 0.4) is 0 Å². The number of H-pyrrole nitrogens is 3. The number of aromatic amines is 3. The van der Waals surface area contributed by atoms with E-state index in [1.54, 1.807) is 166 Å². The molecule has 0 spiro atoms. The maximum atomic E-state index is 14.1. The highest BCUT2D eigenvalue weighted by Gasteiger charge is 2.30. The van der Waals surface area contributed by atoms with Crippen molar-refractivity contribution in [3.05, 3.63) is 417 Å². The molecule has 0 aliphatic heterocycles. The number of hydrogen-bond acceptors (Lipinski definition) is 26. The van der Waals surface area contributed by atoms with Crippen molar-refractivity contribution in [2.75, 3.05) is 21.3 Å². The van der Waals surface area contributed by atoms with Gasteiger partial charge in [-0.15, -0.1) is 5.10 Å². The van der Waals surface area contributed by atoms with Crippen molar-refractivity contribution >= 4 is 69.0 Å². The van der Waals surface area contributed by atoms with E-state index in [1.807, 2.05) is 111 Å². The minimum Gasteiger partial charge on any atom is -0.467 e. The third-order valence-corrected chi connectivity index (χ3v) is 24.2. The summed E-state index contributed by atoms with van der Waals surface area (Å²) in [5.74, 6) is 1.26. The molecule has 8 aromatic carbocycles. The molecule has 0 bridgehead atoms. The standard InChI is InChI=1S/C26H18ClN7O4.C26H17ClN6O3.C25H21ClN6O3.C24H19ClN6O3/c1-37-25-28-12-18(13-29-25)21-22(17-6-8-19(27)9-7-17)24(35)33(34-23(21)31-32-26(34)36)14-15-2-4-16(5-3-15)20-10-11-30-38-20;27-20-7-5-18(6-8-20)23-22(19-9-12-28-13-10-19)24-30-31-26(35)33(24)32(25(23)34)15-16-1-3-17(4-2-16)21-11-14-29-36-21;1-15-4-6-16(7-5-15)14-31-23(33)21(17-8-10-19(26)11-9-17)20(18-12-27-24(35-3)28-13-18)22-29-30(2)25(34)32(22)31;1-14-3-5-15(6-4-14)13-30-22(32)20(16-7-9-18(25)10-8-16)19(21-28-29-24(33)31(21)30)17-11-26-23(34-2)27-12-17/h2-13H,14H2,1H3,(H,32,36);1-14H,15H2,(H,31,35);4-13H,14H2,1-3H3;3-12H,13H2,1-2H3,(H,29,33). The number of halogens is 4. The lowest BCUT2D eigenvalue weighted by atomic mass is 9.97. The molecule has 0 saturated heterocycles. The van der Waals surface area contributed by atoms with Crippen LogP contribution in [-0.4, -0.2) is 144 Å². The molecule has 0 fully saturated rings. The number of aromatic nitrogens is 25. The number of nitrogens with one attached hydrogen (secondary N) is 3. The van der Waals surface area contributed by atoms with Crippen molar-refractivity contribution in [2.45, 2.75) is 40.0 Å². The Morgan fingerprint density at radius 3 is 0.832 bits per heavy atom. The lowest BCUT2D eigenvalue weighted by molar-refractivity contribution is 0.379. The average molecular weight is 1990 g/mol. The first-order valence-corrected chi connectivity index (χ1v) is 45.1. The summed E-state index contributed by atoms with van der Waals surface area (Å²) >= 11 is 24.5. The van der Waals surface area contributed by atoms with Crippen LogP contribution in [0.4, 0.5) is 0 Å². The van der Waals surface area contributed by atoms with Crippen molar-refractivity contribution in [1.82, 2.24) is 122 Å². The SMILES string of the molecule is COc1ncc(-c2c(-c3ccc(Cl)cc3)c(=O)n(Cc3ccc(-c4ccno4)cc3)n3c(=O)[nH]nc23)cn1.COc1ncc(-c2c(-c3ccc(Cl)cc3)c(=O)n(Cc3ccc(C)cc3)n3c(=O)[nH]nc23)cn1.COc1ncc(-c2c(-c3ccc(Cl)cc3)c(=O)n(Cc3ccc(C)cc3)n3c(=O)n(C)nc23)cn1.O=c1c(-c2ccc(Cl)cc2)c(-c2ccncc2)c2n[nH]c(=O)n2n1Cc1ccc(-c2ccno2)cc1. The van der Waals surface area contributed by atoms with Gasteiger partial charge in [0.2, 0.25) is 0 Å². The number of ether oxygens (including phenoxy) is 3. The molecular weight excluding hydrogens is 1910 g/mol. The molecular formula is C101H75Cl4N25O13. The van der Waals surface area contributed by atoms with E-state index in [4.69, 9.17) is 69.7 Å². The monoisotopic (exact) mass is 1990 g/mol. The molecule has 0 unspecified atom stereocenters. The molecule has 22 aromatic rings. The van der Waals surface area contributed by atoms with Crippen LogP contribution in [-0.2, 0) is 33.2 Å². The quantitative estimate of drug-likeness (QED) is 0.0601. The van der Waals surface area contributed by atoms with Gasteiger partial charge in [-0.1, -0.05) is 213 Å².